The summed E-state index contributed by atoms with van der Waals surface area (Å²) in [4.78, 5) is 58.6. The third-order valence-corrected chi connectivity index (χ3v) is 11.0. The molecule has 3 aromatic carbocycles. The van der Waals surface area contributed by atoms with Crippen LogP contribution >= 0.6 is 47.8 Å². The number of alkyl halides is 2. The van der Waals surface area contributed by atoms with Gasteiger partial charge in [0.15, 0.2) is 12.4 Å². The third-order valence-electron chi connectivity index (χ3n) is 7.75. The molecule has 4 aromatic rings. The Morgan fingerprint density at radius 1 is 0.857 bits per heavy atom. The van der Waals surface area contributed by atoms with E-state index in [4.69, 9.17) is 9.72 Å². The van der Waals surface area contributed by atoms with Gasteiger partial charge in [0.05, 0.1) is 34.3 Å². The number of benzene rings is 3. The number of esters is 1. The van der Waals surface area contributed by atoms with Gasteiger partial charge in [0.2, 0.25) is 11.8 Å². The maximum atomic E-state index is 13.3. The van der Waals surface area contributed by atoms with Crippen LogP contribution in [0.1, 0.15) is 33.6 Å². The van der Waals surface area contributed by atoms with E-state index in [0.717, 1.165) is 4.47 Å². The normalized spacial score (nSPS) is 21.8. The van der Waals surface area contributed by atoms with Crippen molar-refractivity contribution >= 4 is 87.9 Å². The van der Waals surface area contributed by atoms with E-state index in [2.05, 4.69) is 47.8 Å². The first kappa shape index (κ1) is 28.9. The molecule has 1 aliphatic heterocycles. The number of hydrogen-bond acceptors (Lipinski definition) is 6. The second kappa shape index (κ2) is 11.8. The summed E-state index contributed by atoms with van der Waals surface area (Å²) in [5.74, 6) is -1.97. The first-order chi connectivity index (χ1) is 20.2. The number of ether oxygens (including phenoxy) is 1. The molecule has 4 atom stereocenters. The Bertz CT molecular complexity index is 1700. The van der Waals surface area contributed by atoms with Crippen molar-refractivity contribution in [1.29, 1.82) is 0 Å². The molecule has 7 nitrogen and oxygen atoms in total. The first-order valence-corrected chi connectivity index (χ1v) is 16.0. The van der Waals surface area contributed by atoms with Crippen molar-refractivity contribution in [2.75, 3.05) is 11.5 Å². The zero-order valence-corrected chi connectivity index (χ0v) is 26.8. The average Bonchev–Trinajstić information content (AvgIpc) is 3.24. The fourth-order valence-corrected chi connectivity index (χ4v) is 7.16. The highest BCUT2D eigenvalue weighted by atomic mass is 79.9. The number of aromatic nitrogens is 1. The zero-order valence-electron chi connectivity index (χ0n) is 22.0. The van der Waals surface area contributed by atoms with Crippen LogP contribution in [0.15, 0.2) is 83.3 Å². The van der Waals surface area contributed by atoms with E-state index >= 15 is 0 Å². The molecule has 0 N–H and O–H groups in total. The minimum Gasteiger partial charge on any atom is -0.454 e. The van der Waals surface area contributed by atoms with Gasteiger partial charge in [0.25, 0.3) is 0 Å². The van der Waals surface area contributed by atoms with Gasteiger partial charge in [-0.25, -0.2) is 9.78 Å². The molecule has 2 heterocycles. The molecular formula is C32H23Br3N2O5. The van der Waals surface area contributed by atoms with Crippen LogP contribution in [0.2, 0.25) is 0 Å². The van der Waals surface area contributed by atoms with Crippen LogP contribution in [-0.4, -0.2) is 44.8 Å². The summed E-state index contributed by atoms with van der Waals surface area (Å²) in [7, 11) is 0. The summed E-state index contributed by atoms with van der Waals surface area (Å²) in [6.07, 6.45) is 1.21. The standard InChI is InChI=1S/C32H23Br3N2O5/c33-19-8-11-27-21(12-19)24(32(41)42-16-29(38)18-4-2-1-3-5-18)15-28(36-27)17-6-9-20(10-7-17)37-30(39)22-13-25(34)26(35)14-23(22)31(37)40/h1-12,15,22-23,25-26H,13-14,16H2. The molecule has 1 saturated carbocycles. The van der Waals surface area contributed by atoms with Crippen LogP contribution in [0.3, 0.4) is 0 Å². The minimum atomic E-state index is -0.645. The maximum Gasteiger partial charge on any atom is 0.339 e. The van der Waals surface area contributed by atoms with Crippen molar-refractivity contribution in [2.45, 2.75) is 22.5 Å². The molecular weight excluding hydrogens is 732 g/mol. The van der Waals surface area contributed by atoms with E-state index in [-0.39, 0.29) is 44.7 Å². The van der Waals surface area contributed by atoms with Crippen molar-refractivity contribution in [3.05, 3.63) is 94.5 Å². The molecule has 212 valence electrons. The largest absolute Gasteiger partial charge is 0.454 e. The summed E-state index contributed by atoms with van der Waals surface area (Å²) < 4.78 is 6.20. The summed E-state index contributed by atoms with van der Waals surface area (Å²) in [6.45, 7) is -0.393. The Hall–Kier alpha value is -3.21. The number of nitrogens with zero attached hydrogens (tertiary/aromatic N) is 2. The lowest BCUT2D eigenvalue weighted by atomic mass is 9.81. The van der Waals surface area contributed by atoms with Gasteiger partial charge in [-0.2, -0.15) is 0 Å². The van der Waals surface area contributed by atoms with Crippen molar-refractivity contribution in [3.63, 3.8) is 0 Å². The molecule has 10 heteroatoms. The number of carbonyl (C=O) groups is 4. The van der Waals surface area contributed by atoms with Gasteiger partial charge in [-0.15, -0.1) is 0 Å². The van der Waals surface area contributed by atoms with Crippen molar-refractivity contribution < 1.29 is 23.9 Å². The Kier molecular flexibility index (Phi) is 8.13. The summed E-state index contributed by atoms with van der Waals surface area (Å²) in [6, 6.07) is 22.7. The molecule has 0 radical (unpaired) electrons. The molecule has 0 spiro atoms. The lowest BCUT2D eigenvalue weighted by Gasteiger charge is -2.29. The number of carbonyl (C=O) groups excluding carboxylic acids is 4. The average molecular weight is 755 g/mol. The number of rotatable bonds is 6. The topological polar surface area (TPSA) is 93.6 Å². The van der Waals surface area contributed by atoms with Crippen LogP contribution < -0.4 is 4.90 Å². The van der Waals surface area contributed by atoms with Gasteiger partial charge in [0.1, 0.15) is 0 Å². The maximum absolute atomic E-state index is 13.3. The number of imide groups is 1. The van der Waals surface area contributed by atoms with Crippen LogP contribution in [0.5, 0.6) is 0 Å². The van der Waals surface area contributed by atoms with Crippen LogP contribution in [0.25, 0.3) is 22.2 Å². The predicted octanol–water partition coefficient (Wildman–Crippen LogP) is 7.13. The van der Waals surface area contributed by atoms with Crippen molar-refractivity contribution in [2.24, 2.45) is 11.8 Å². The van der Waals surface area contributed by atoms with Gasteiger partial charge in [-0.05, 0) is 49.2 Å². The SMILES string of the molecule is O=C(COC(=O)c1cc(-c2ccc(N3C(=O)C4CC(Br)C(Br)CC4C3=O)cc2)nc2ccc(Br)cc12)c1ccccc1. The van der Waals surface area contributed by atoms with E-state index < -0.39 is 12.6 Å². The Morgan fingerprint density at radius 3 is 2.14 bits per heavy atom. The molecule has 0 bridgehead atoms. The first-order valence-electron chi connectivity index (χ1n) is 13.3. The monoisotopic (exact) mass is 752 g/mol. The molecule has 1 saturated heterocycles. The fraction of sp³-hybridized carbons (Fsp3) is 0.219. The summed E-state index contributed by atoms with van der Waals surface area (Å²) in [5, 5.41) is 0.577. The second-order valence-corrected chi connectivity index (χ2v) is 13.6. The number of hydrogen-bond donors (Lipinski definition) is 0. The summed E-state index contributed by atoms with van der Waals surface area (Å²) >= 11 is 10.7. The van der Waals surface area contributed by atoms with Crippen LogP contribution in [0, 0.1) is 11.8 Å². The number of ketones is 1. The second-order valence-electron chi connectivity index (χ2n) is 10.4. The number of Topliss-reactive ketones (excluding diaryl/α,β-unsaturated/α-hetero) is 1. The molecule has 2 amide bonds. The van der Waals surface area contributed by atoms with Crippen molar-refractivity contribution in [3.8, 4) is 11.3 Å². The third kappa shape index (κ3) is 5.47. The van der Waals surface area contributed by atoms with E-state index in [1.54, 1.807) is 66.7 Å². The van der Waals surface area contributed by atoms with Gasteiger partial charge in [0, 0.05) is 30.6 Å². The Balaban J connectivity index is 1.28. The molecule has 6 rings (SSSR count). The van der Waals surface area contributed by atoms with Crippen LogP contribution in [-0.2, 0) is 14.3 Å². The van der Waals surface area contributed by atoms with E-state index in [1.165, 1.54) is 4.90 Å². The highest BCUT2D eigenvalue weighted by Crippen LogP contribution is 2.44. The molecule has 2 fully saturated rings. The number of halogens is 3. The smallest absolute Gasteiger partial charge is 0.339 e. The highest BCUT2D eigenvalue weighted by Gasteiger charge is 2.52. The number of fused-ring (bicyclic) bond motifs is 2. The van der Waals surface area contributed by atoms with Crippen LogP contribution in [0.4, 0.5) is 5.69 Å². The van der Waals surface area contributed by atoms with E-state index in [9.17, 15) is 19.2 Å². The van der Waals surface area contributed by atoms with Gasteiger partial charge >= 0.3 is 5.97 Å². The highest BCUT2D eigenvalue weighted by molar-refractivity contribution is 9.12. The number of anilines is 1. The Labute approximate surface area is 267 Å². The lowest BCUT2D eigenvalue weighted by molar-refractivity contribution is -0.122. The van der Waals surface area contributed by atoms with Crippen molar-refractivity contribution in [1.82, 2.24) is 4.98 Å². The number of pyridine rings is 1. The quantitative estimate of drug-likeness (QED) is 0.0901. The molecule has 2 aliphatic rings. The number of amides is 2. The zero-order chi connectivity index (χ0) is 29.5. The fourth-order valence-electron chi connectivity index (χ4n) is 5.56. The molecule has 1 aromatic heterocycles. The van der Waals surface area contributed by atoms with E-state index in [0.29, 0.717) is 46.3 Å². The molecule has 1 aliphatic carbocycles. The molecule has 4 unspecified atom stereocenters. The molecule has 42 heavy (non-hydrogen) atoms. The van der Waals surface area contributed by atoms with Gasteiger partial charge in [-0.3, -0.25) is 19.3 Å². The Morgan fingerprint density at radius 2 is 1.50 bits per heavy atom. The minimum absolute atomic E-state index is 0.134. The lowest BCUT2D eigenvalue weighted by Crippen LogP contribution is -2.34. The summed E-state index contributed by atoms with van der Waals surface area (Å²) in [5.41, 5.74) is 3.00. The predicted molar refractivity (Wildman–Crippen MR) is 170 cm³/mol. The van der Waals surface area contributed by atoms with Gasteiger partial charge in [-0.1, -0.05) is 90.3 Å². The van der Waals surface area contributed by atoms with Gasteiger partial charge < -0.3 is 4.74 Å². The van der Waals surface area contributed by atoms with E-state index in [1.807, 2.05) is 12.1 Å².